The van der Waals surface area contributed by atoms with Crippen LogP contribution in [0.25, 0.3) is 0 Å². The van der Waals surface area contributed by atoms with Crippen LogP contribution in [0.3, 0.4) is 0 Å². The second kappa shape index (κ2) is 6.07. The number of phenolic OH excluding ortho intramolecular Hbond substituents is 1. The van der Waals surface area contributed by atoms with Crippen molar-refractivity contribution in [3.63, 3.8) is 0 Å². The summed E-state index contributed by atoms with van der Waals surface area (Å²) in [7, 11) is -2.30. The summed E-state index contributed by atoms with van der Waals surface area (Å²) >= 11 is 0. The zero-order chi connectivity index (χ0) is 18.4. The Morgan fingerprint density at radius 3 is 2.32 bits per heavy atom. The number of sulfonamides is 1. The molecule has 6 nitrogen and oxygen atoms in total. The third-order valence-electron chi connectivity index (χ3n) is 4.41. The predicted molar refractivity (Wildman–Crippen MR) is 96.4 cm³/mol. The number of carbonyl (C=O) groups excluding carboxylic acids is 1. The van der Waals surface area contributed by atoms with Gasteiger partial charge in [0, 0.05) is 7.05 Å². The lowest BCUT2D eigenvalue weighted by Gasteiger charge is -2.40. The van der Waals surface area contributed by atoms with Crippen LogP contribution in [0.5, 0.6) is 5.75 Å². The first-order chi connectivity index (χ1) is 11.8. The molecule has 1 amide bonds. The fourth-order valence-corrected chi connectivity index (χ4v) is 4.76. The van der Waals surface area contributed by atoms with Gasteiger partial charge in [-0.1, -0.05) is 13.0 Å². The average molecular weight is 360 g/mol. The zero-order valence-electron chi connectivity index (χ0n) is 14.3. The topological polar surface area (TPSA) is 77.9 Å². The van der Waals surface area contributed by atoms with Gasteiger partial charge >= 0.3 is 0 Å². The van der Waals surface area contributed by atoms with Crippen LogP contribution in [0.1, 0.15) is 18.9 Å². The molecule has 0 aliphatic carbocycles. The van der Waals surface area contributed by atoms with Gasteiger partial charge in [0.25, 0.3) is 15.9 Å². The van der Waals surface area contributed by atoms with Crippen LogP contribution >= 0.6 is 0 Å². The van der Waals surface area contributed by atoms with Crippen molar-refractivity contribution < 1.29 is 18.3 Å². The van der Waals surface area contributed by atoms with Crippen LogP contribution in [0.4, 0.5) is 11.4 Å². The molecule has 1 aliphatic heterocycles. The Morgan fingerprint density at radius 2 is 1.72 bits per heavy atom. The second-order valence-corrected chi connectivity index (χ2v) is 7.92. The van der Waals surface area contributed by atoms with E-state index in [1.807, 2.05) is 13.0 Å². The third kappa shape index (κ3) is 2.74. The van der Waals surface area contributed by atoms with Gasteiger partial charge < -0.3 is 10.0 Å². The number of carbonyl (C=O) groups is 1. The van der Waals surface area contributed by atoms with Gasteiger partial charge in [-0.15, -0.1) is 0 Å². The molecule has 25 heavy (non-hydrogen) atoms. The predicted octanol–water partition coefficient (Wildman–Crippen LogP) is 2.65. The van der Waals surface area contributed by atoms with Crippen molar-refractivity contribution in [2.75, 3.05) is 16.3 Å². The number of aromatic hydroxyl groups is 1. The number of benzene rings is 2. The molecule has 0 spiro atoms. The number of hydrogen-bond acceptors (Lipinski definition) is 4. The van der Waals surface area contributed by atoms with Gasteiger partial charge in [-0.25, -0.2) is 8.42 Å². The number of fused-ring (bicyclic) bond motifs is 1. The van der Waals surface area contributed by atoms with E-state index in [4.69, 9.17) is 0 Å². The molecule has 0 radical (unpaired) electrons. The summed E-state index contributed by atoms with van der Waals surface area (Å²) in [5.74, 6) is -0.280. The minimum absolute atomic E-state index is 0.0170. The first kappa shape index (κ1) is 17.3. The first-order valence-corrected chi connectivity index (χ1v) is 9.43. The molecule has 3 rings (SSSR count). The molecule has 2 aromatic rings. The highest BCUT2D eigenvalue weighted by atomic mass is 32.2. The van der Waals surface area contributed by atoms with Gasteiger partial charge in [0.15, 0.2) is 0 Å². The summed E-state index contributed by atoms with van der Waals surface area (Å²) in [6, 6.07) is 9.90. The molecule has 1 N–H and O–H groups in total. The van der Waals surface area contributed by atoms with Gasteiger partial charge in [-0.3, -0.25) is 9.10 Å². The Hall–Kier alpha value is -2.54. The van der Waals surface area contributed by atoms with Gasteiger partial charge in [0.05, 0.1) is 16.3 Å². The van der Waals surface area contributed by atoms with Crippen molar-refractivity contribution in [3.05, 3.63) is 48.0 Å². The largest absolute Gasteiger partial charge is 0.508 e. The summed E-state index contributed by atoms with van der Waals surface area (Å²) in [6.45, 7) is 3.67. The van der Waals surface area contributed by atoms with Crippen molar-refractivity contribution in [1.29, 1.82) is 0 Å². The van der Waals surface area contributed by atoms with Crippen LogP contribution < -0.4 is 9.21 Å². The maximum absolute atomic E-state index is 13.3. The van der Waals surface area contributed by atoms with Crippen molar-refractivity contribution in [3.8, 4) is 5.75 Å². The van der Waals surface area contributed by atoms with Gasteiger partial charge in [-0.2, -0.15) is 0 Å². The van der Waals surface area contributed by atoms with Gasteiger partial charge in [0.1, 0.15) is 11.8 Å². The lowest BCUT2D eigenvalue weighted by Crippen LogP contribution is -2.54. The first-order valence-electron chi connectivity index (χ1n) is 7.99. The normalized spacial score (nSPS) is 17.6. The Kier molecular flexibility index (Phi) is 4.20. The van der Waals surface area contributed by atoms with E-state index in [2.05, 4.69) is 0 Å². The summed E-state index contributed by atoms with van der Waals surface area (Å²) in [4.78, 5) is 14.3. The number of nitrogens with zero attached hydrogens (tertiary/aromatic N) is 2. The summed E-state index contributed by atoms with van der Waals surface area (Å²) in [6.07, 6.45) is 0.355. The van der Waals surface area contributed by atoms with E-state index in [9.17, 15) is 18.3 Å². The van der Waals surface area contributed by atoms with Crippen LogP contribution in [0, 0.1) is 6.92 Å². The summed E-state index contributed by atoms with van der Waals surface area (Å²) < 4.78 is 27.7. The van der Waals surface area contributed by atoms with Crippen LogP contribution in [-0.2, 0) is 14.8 Å². The van der Waals surface area contributed by atoms with E-state index in [1.54, 1.807) is 26.1 Å². The van der Waals surface area contributed by atoms with E-state index >= 15 is 0 Å². The number of hydrogen-bond donors (Lipinski definition) is 1. The van der Waals surface area contributed by atoms with Crippen LogP contribution in [-0.4, -0.2) is 32.5 Å². The molecule has 132 valence electrons. The van der Waals surface area contributed by atoms with Crippen LogP contribution in [0.2, 0.25) is 0 Å². The number of rotatable bonds is 3. The van der Waals surface area contributed by atoms with Crippen molar-refractivity contribution >= 4 is 27.3 Å². The molecule has 0 saturated carbocycles. The molecule has 2 aromatic carbocycles. The van der Waals surface area contributed by atoms with Crippen molar-refractivity contribution in [2.24, 2.45) is 0 Å². The van der Waals surface area contributed by atoms with Crippen LogP contribution in [0.15, 0.2) is 47.4 Å². The SMILES string of the molecule is CC[C@H]1C(=O)N(C)c2ccc(C)cc2N1S(=O)(=O)c1ccc(O)cc1. The molecule has 1 atom stereocenters. The van der Waals surface area contributed by atoms with Gasteiger partial charge in [-0.05, 0) is 55.3 Å². The Bertz CT molecular complexity index is 923. The zero-order valence-corrected chi connectivity index (χ0v) is 15.1. The maximum Gasteiger partial charge on any atom is 0.265 e. The minimum Gasteiger partial charge on any atom is -0.508 e. The molecule has 1 aliphatic rings. The fraction of sp³-hybridized carbons (Fsp3) is 0.278. The minimum atomic E-state index is -3.95. The molecule has 0 unspecified atom stereocenters. The number of likely N-dealkylation sites (N-methyl/N-ethyl adjacent to an activating group) is 1. The average Bonchev–Trinajstić information content (AvgIpc) is 2.57. The molecular weight excluding hydrogens is 340 g/mol. The Morgan fingerprint density at radius 1 is 1.08 bits per heavy atom. The molecule has 0 aromatic heterocycles. The van der Waals surface area contributed by atoms with Crippen molar-refractivity contribution in [1.82, 2.24) is 0 Å². The van der Waals surface area contributed by atoms with E-state index < -0.39 is 16.1 Å². The molecule has 0 fully saturated rings. The number of amides is 1. The van der Waals surface area contributed by atoms with E-state index in [0.717, 1.165) is 5.56 Å². The smallest absolute Gasteiger partial charge is 0.265 e. The van der Waals surface area contributed by atoms with Crippen molar-refractivity contribution in [2.45, 2.75) is 31.2 Å². The maximum atomic E-state index is 13.3. The monoisotopic (exact) mass is 360 g/mol. The fourth-order valence-electron chi connectivity index (χ4n) is 3.07. The molecule has 1 heterocycles. The number of phenols is 1. The second-order valence-electron chi connectivity index (χ2n) is 6.11. The highest BCUT2D eigenvalue weighted by molar-refractivity contribution is 7.93. The van der Waals surface area contributed by atoms with E-state index in [1.165, 1.54) is 33.5 Å². The molecular formula is C18H20N2O4S. The van der Waals surface area contributed by atoms with E-state index in [-0.39, 0.29) is 16.6 Å². The lowest BCUT2D eigenvalue weighted by molar-refractivity contribution is -0.119. The number of aryl methyl sites for hydroxylation is 1. The molecule has 7 heteroatoms. The molecule has 0 saturated heterocycles. The standard InChI is InChI=1S/C18H20N2O4S/c1-4-15-18(22)19(3)16-10-5-12(2)11-17(16)20(15)25(23,24)14-8-6-13(21)7-9-14/h5-11,15,21H,4H2,1-3H3/t15-/m0/s1. The summed E-state index contributed by atoms with van der Waals surface area (Å²) in [5.41, 5.74) is 1.95. The highest BCUT2D eigenvalue weighted by Gasteiger charge is 2.42. The highest BCUT2D eigenvalue weighted by Crippen LogP contribution is 2.40. The lowest BCUT2D eigenvalue weighted by atomic mass is 10.1. The number of anilines is 2. The quantitative estimate of drug-likeness (QED) is 0.913. The summed E-state index contributed by atoms with van der Waals surface area (Å²) in [5, 5.41) is 9.43. The Balaban J connectivity index is 2.25. The molecule has 0 bridgehead atoms. The van der Waals surface area contributed by atoms with Gasteiger partial charge in [0.2, 0.25) is 0 Å². The Labute approximate surface area is 147 Å². The third-order valence-corrected chi connectivity index (χ3v) is 6.25. The van der Waals surface area contributed by atoms with E-state index in [0.29, 0.717) is 17.8 Å².